The molecule has 0 aromatic carbocycles. The van der Waals surface area contributed by atoms with Gasteiger partial charge in [0.1, 0.15) is 5.76 Å². The fraction of sp³-hybridized carbons (Fsp3) is 0.474. The molecule has 2 N–H and O–H groups in total. The largest absolute Gasteiger partial charge is 0.468 e. The molecule has 0 fully saturated rings. The first-order valence-corrected chi connectivity index (χ1v) is 8.90. The zero-order valence-electron chi connectivity index (χ0n) is 15.8. The summed E-state index contributed by atoms with van der Waals surface area (Å²) in [5, 5.41) is 6.75. The number of hydrogen-bond acceptors (Lipinski definition) is 4. The Morgan fingerprint density at radius 2 is 2.00 bits per heavy atom. The molecule has 0 amide bonds. The highest BCUT2D eigenvalue weighted by Crippen LogP contribution is 2.20. The maximum Gasteiger partial charge on any atom is 0.191 e. The fourth-order valence-electron chi connectivity index (χ4n) is 2.82. The second kappa shape index (κ2) is 12.7. The summed E-state index contributed by atoms with van der Waals surface area (Å²) in [6, 6.07) is 10.1. The molecule has 6 nitrogen and oxygen atoms in total. The zero-order valence-corrected chi connectivity index (χ0v) is 18.1. The van der Waals surface area contributed by atoms with E-state index in [4.69, 9.17) is 4.42 Å². The van der Waals surface area contributed by atoms with Crippen molar-refractivity contribution in [3.05, 3.63) is 54.2 Å². The summed E-state index contributed by atoms with van der Waals surface area (Å²) in [6.07, 6.45) is 4.41. The second-order valence-corrected chi connectivity index (χ2v) is 5.70. The topological polar surface area (TPSA) is 65.7 Å². The standard InChI is InChI=1S/C19H29N5O.HI/c1-4-24(5-2)17(18-10-8-14-25-18)15-23-19(20-3)22-13-11-16-9-6-7-12-21-16;/h6-10,12,14,17H,4-5,11,13,15H2,1-3H3,(H2,20,22,23);1H. The lowest BCUT2D eigenvalue weighted by molar-refractivity contribution is 0.193. The first-order valence-electron chi connectivity index (χ1n) is 8.90. The van der Waals surface area contributed by atoms with Gasteiger partial charge in [-0.25, -0.2) is 0 Å². The van der Waals surface area contributed by atoms with Crippen LogP contribution in [0, 0.1) is 0 Å². The van der Waals surface area contributed by atoms with E-state index in [1.165, 1.54) is 0 Å². The van der Waals surface area contributed by atoms with Crippen molar-refractivity contribution in [3.8, 4) is 0 Å². The third kappa shape index (κ3) is 6.95. The zero-order chi connectivity index (χ0) is 17.9. The highest BCUT2D eigenvalue weighted by molar-refractivity contribution is 14.0. The lowest BCUT2D eigenvalue weighted by Crippen LogP contribution is -2.43. The number of rotatable bonds is 9. The smallest absolute Gasteiger partial charge is 0.191 e. The molecular formula is C19H30IN5O. The van der Waals surface area contributed by atoms with Gasteiger partial charge in [0.25, 0.3) is 0 Å². The monoisotopic (exact) mass is 471 g/mol. The molecule has 0 aliphatic rings. The van der Waals surface area contributed by atoms with Crippen LogP contribution in [0.4, 0.5) is 0 Å². The summed E-state index contributed by atoms with van der Waals surface area (Å²) in [4.78, 5) is 11.0. The number of furan rings is 1. The van der Waals surface area contributed by atoms with Crippen LogP contribution in [0.5, 0.6) is 0 Å². The van der Waals surface area contributed by atoms with E-state index in [0.717, 1.165) is 50.0 Å². The highest BCUT2D eigenvalue weighted by Gasteiger charge is 2.20. The minimum absolute atomic E-state index is 0. The Balaban J connectivity index is 0.00000338. The van der Waals surface area contributed by atoms with Gasteiger partial charge in [0.15, 0.2) is 5.96 Å². The highest BCUT2D eigenvalue weighted by atomic mass is 127. The van der Waals surface area contributed by atoms with Crippen molar-refractivity contribution in [2.75, 3.05) is 33.2 Å². The first kappa shape index (κ1) is 22.4. The lowest BCUT2D eigenvalue weighted by atomic mass is 10.2. The molecule has 1 unspecified atom stereocenters. The SMILES string of the molecule is CCN(CC)C(CNC(=NC)NCCc1ccccn1)c1ccco1.I. The number of nitrogens with zero attached hydrogens (tertiary/aromatic N) is 3. The molecule has 2 aromatic heterocycles. The molecule has 26 heavy (non-hydrogen) atoms. The number of nitrogens with one attached hydrogen (secondary N) is 2. The van der Waals surface area contributed by atoms with Crippen molar-refractivity contribution in [1.29, 1.82) is 0 Å². The average Bonchev–Trinajstić information content (AvgIpc) is 3.18. The number of halogens is 1. The van der Waals surface area contributed by atoms with Crippen LogP contribution in [-0.4, -0.2) is 49.1 Å². The normalized spacial score (nSPS) is 12.5. The third-order valence-electron chi connectivity index (χ3n) is 4.21. The van der Waals surface area contributed by atoms with Crippen LogP contribution in [0.1, 0.15) is 31.3 Å². The number of aliphatic imine (C=N–C) groups is 1. The fourth-order valence-corrected chi connectivity index (χ4v) is 2.82. The van der Waals surface area contributed by atoms with Crippen molar-refractivity contribution < 1.29 is 4.42 Å². The Labute approximate surface area is 173 Å². The van der Waals surface area contributed by atoms with Crippen LogP contribution < -0.4 is 10.6 Å². The number of aromatic nitrogens is 1. The Hall–Kier alpha value is -1.61. The lowest BCUT2D eigenvalue weighted by Gasteiger charge is -2.28. The van der Waals surface area contributed by atoms with Crippen LogP contribution in [-0.2, 0) is 6.42 Å². The predicted octanol–water partition coefficient (Wildman–Crippen LogP) is 3.08. The molecule has 0 saturated heterocycles. The second-order valence-electron chi connectivity index (χ2n) is 5.70. The summed E-state index contributed by atoms with van der Waals surface area (Å²) in [5.74, 6) is 1.76. The molecule has 0 aliphatic heterocycles. The van der Waals surface area contributed by atoms with Crippen molar-refractivity contribution in [3.63, 3.8) is 0 Å². The molecule has 0 spiro atoms. The molecule has 0 saturated carbocycles. The van der Waals surface area contributed by atoms with Gasteiger partial charge in [0.05, 0.1) is 12.3 Å². The van der Waals surface area contributed by atoms with Crippen LogP contribution >= 0.6 is 24.0 Å². The Morgan fingerprint density at radius 3 is 2.58 bits per heavy atom. The van der Waals surface area contributed by atoms with Crippen molar-refractivity contribution in [2.45, 2.75) is 26.3 Å². The van der Waals surface area contributed by atoms with Crippen LogP contribution in [0.25, 0.3) is 0 Å². The number of likely N-dealkylation sites (N-methyl/N-ethyl adjacent to an activating group) is 1. The summed E-state index contributed by atoms with van der Waals surface area (Å²) in [5.41, 5.74) is 1.07. The van der Waals surface area contributed by atoms with E-state index in [9.17, 15) is 0 Å². The number of guanidine groups is 1. The number of hydrogen-bond donors (Lipinski definition) is 2. The van der Waals surface area contributed by atoms with E-state index in [2.05, 4.69) is 39.4 Å². The summed E-state index contributed by atoms with van der Waals surface area (Å²) < 4.78 is 5.63. The number of pyridine rings is 1. The average molecular weight is 471 g/mol. The van der Waals surface area contributed by atoms with Gasteiger partial charge in [0.2, 0.25) is 0 Å². The summed E-state index contributed by atoms with van der Waals surface area (Å²) in [6.45, 7) is 7.79. The van der Waals surface area contributed by atoms with Crippen LogP contribution in [0.2, 0.25) is 0 Å². The molecule has 1 atom stereocenters. The molecule has 0 bridgehead atoms. The van der Waals surface area contributed by atoms with Gasteiger partial charge < -0.3 is 15.1 Å². The Kier molecular flexibility index (Phi) is 11.0. The minimum Gasteiger partial charge on any atom is -0.468 e. The predicted molar refractivity (Wildman–Crippen MR) is 117 cm³/mol. The summed E-state index contributed by atoms with van der Waals surface area (Å²) >= 11 is 0. The summed E-state index contributed by atoms with van der Waals surface area (Å²) in [7, 11) is 1.79. The molecule has 2 aromatic rings. The van der Waals surface area contributed by atoms with Crippen molar-refractivity contribution in [1.82, 2.24) is 20.5 Å². The Bertz CT molecular complexity index is 614. The maximum atomic E-state index is 5.63. The minimum atomic E-state index is 0. The van der Waals surface area contributed by atoms with E-state index in [-0.39, 0.29) is 30.0 Å². The maximum absolute atomic E-state index is 5.63. The van der Waals surface area contributed by atoms with E-state index in [1.54, 1.807) is 13.3 Å². The molecule has 0 radical (unpaired) electrons. The van der Waals surface area contributed by atoms with Gasteiger partial charge in [-0.2, -0.15) is 0 Å². The molecule has 7 heteroatoms. The van der Waals surface area contributed by atoms with E-state index in [1.807, 2.05) is 36.5 Å². The van der Waals surface area contributed by atoms with E-state index < -0.39 is 0 Å². The van der Waals surface area contributed by atoms with Crippen molar-refractivity contribution in [2.24, 2.45) is 4.99 Å². The molecule has 144 valence electrons. The van der Waals surface area contributed by atoms with Gasteiger partial charge in [-0.1, -0.05) is 19.9 Å². The first-order chi connectivity index (χ1) is 12.3. The molecule has 0 aliphatic carbocycles. The molecular weight excluding hydrogens is 441 g/mol. The van der Waals surface area contributed by atoms with Gasteiger partial charge in [-0.05, 0) is 37.4 Å². The van der Waals surface area contributed by atoms with Gasteiger partial charge in [-0.3, -0.25) is 14.9 Å². The quantitative estimate of drug-likeness (QED) is 0.335. The van der Waals surface area contributed by atoms with E-state index in [0.29, 0.717) is 0 Å². The third-order valence-corrected chi connectivity index (χ3v) is 4.21. The van der Waals surface area contributed by atoms with E-state index >= 15 is 0 Å². The molecule has 2 rings (SSSR count). The van der Waals surface area contributed by atoms with Crippen LogP contribution in [0.15, 0.2) is 52.2 Å². The van der Waals surface area contributed by atoms with Crippen molar-refractivity contribution >= 4 is 29.9 Å². The van der Waals surface area contributed by atoms with Gasteiger partial charge in [0, 0.05) is 38.4 Å². The Morgan fingerprint density at radius 1 is 1.19 bits per heavy atom. The van der Waals surface area contributed by atoms with Crippen LogP contribution in [0.3, 0.4) is 0 Å². The van der Waals surface area contributed by atoms with Gasteiger partial charge >= 0.3 is 0 Å². The molecule has 2 heterocycles. The van der Waals surface area contributed by atoms with Gasteiger partial charge in [-0.15, -0.1) is 24.0 Å².